The summed E-state index contributed by atoms with van der Waals surface area (Å²) in [5, 5.41) is 0. The Balaban J connectivity index is 2.60. The molecule has 0 aliphatic heterocycles. The summed E-state index contributed by atoms with van der Waals surface area (Å²) in [6.07, 6.45) is -4.81. The quantitative estimate of drug-likeness (QED) is 0.687. The van der Waals surface area contributed by atoms with E-state index in [1.54, 1.807) is 6.07 Å². The van der Waals surface area contributed by atoms with Crippen LogP contribution < -0.4 is 4.74 Å². The van der Waals surface area contributed by atoms with Crippen LogP contribution in [-0.4, -0.2) is 13.3 Å². The van der Waals surface area contributed by atoms with Gasteiger partial charge in [0.2, 0.25) is 5.67 Å². The second-order valence-electron chi connectivity index (χ2n) is 4.14. The summed E-state index contributed by atoms with van der Waals surface area (Å²) >= 11 is 0. The van der Waals surface area contributed by atoms with Gasteiger partial charge in [-0.05, 0) is 25.3 Å². The maximum atomic E-state index is 14.2. The van der Waals surface area contributed by atoms with Crippen LogP contribution in [0, 0.1) is 0 Å². The lowest BCUT2D eigenvalue weighted by molar-refractivity contribution is -0.240. The van der Waals surface area contributed by atoms with E-state index in [0.29, 0.717) is 17.7 Å². The summed E-state index contributed by atoms with van der Waals surface area (Å²) in [5.74, 6) is 0.327. The van der Waals surface area contributed by atoms with Gasteiger partial charge in [0.25, 0.3) is 0 Å². The Hall–Kier alpha value is -1.26. The first kappa shape index (κ1) is 12.2. The third-order valence-corrected chi connectivity index (χ3v) is 3.18. The first-order chi connectivity index (χ1) is 7.90. The van der Waals surface area contributed by atoms with Crippen LogP contribution in [0.15, 0.2) is 18.2 Å². The average molecular weight is 248 g/mol. The lowest BCUT2D eigenvalue weighted by Gasteiger charge is -2.34. The molecule has 1 aliphatic carbocycles. The highest BCUT2D eigenvalue weighted by Crippen LogP contribution is 2.51. The van der Waals surface area contributed by atoms with Crippen LogP contribution in [0.3, 0.4) is 0 Å². The van der Waals surface area contributed by atoms with Crippen molar-refractivity contribution in [3.63, 3.8) is 0 Å². The summed E-state index contributed by atoms with van der Waals surface area (Å²) in [6, 6.07) is 4.15. The molecular formula is C12H12F4O. The Morgan fingerprint density at radius 1 is 1.29 bits per heavy atom. The van der Waals surface area contributed by atoms with Gasteiger partial charge in [-0.25, -0.2) is 4.39 Å². The van der Waals surface area contributed by atoms with Crippen LogP contribution in [0.1, 0.15) is 24.0 Å². The van der Waals surface area contributed by atoms with Crippen molar-refractivity contribution >= 4 is 0 Å². The van der Waals surface area contributed by atoms with Crippen molar-refractivity contribution in [3.05, 3.63) is 29.3 Å². The first-order valence-corrected chi connectivity index (χ1v) is 5.32. The number of methoxy groups -OCH3 is 1. The Labute approximate surface area is 96.4 Å². The summed E-state index contributed by atoms with van der Waals surface area (Å²) in [7, 11) is 1.37. The molecule has 2 rings (SSSR count). The molecule has 1 unspecified atom stereocenters. The summed E-state index contributed by atoms with van der Waals surface area (Å²) in [5.41, 5.74) is -3.20. The van der Waals surface area contributed by atoms with Gasteiger partial charge in [0, 0.05) is 11.1 Å². The highest BCUT2D eigenvalue weighted by atomic mass is 19.4. The van der Waals surface area contributed by atoms with Gasteiger partial charge in [-0.1, -0.05) is 12.1 Å². The van der Waals surface area contributed by atoms with Crippen molar-refractivity contribution in [1.29, 1.82) is 0 Å². The third kappa shape index (κ3) is 1.77. The minimum absolute atomic E-state index is 0.170. The van der Waals surface area contributed by atoms with Crippen LogP contribution in [-0.2, 0) is 12.1 Å². The predicted molar refractivity (Wildman–Crippen MR) is 54.8 cm³/mol. The molecule has 1 aromatic carbocycles. The predicted octanol–water partition coefficient (Wildman–Crippen LogP) is 3.76. The van der Waals surface area contributed by atoms with E-state index in [-0.39, 0.29) is 12.0 Å². The fraction of sp³-hybridized carbons (Fsp3) is 0.500. The number of hydrogen-bond donors (Lipinski definition) is 0. The van der Waals surface area contributed by atoms with Gasteiger partial charge in [0.1, 0.15) is 5.75 Å². The van der Waals surface area contributed by atoms with E-state index < -0.39 is 18.3 Å². The summed E-state index contributed by atoms with van der Waals surface area (Å²) in [4.78, 5) is 0. The molecule has 5 heteroatoms. The van der Waals surface area contributed by atoms with E-state index in [4.69, 9.17) is 4.74 Å². The van der Waals surface area contributed by atoms with E-state index in [0.717, 1.165) is 0 Å². The van der Waals surface area contributed by atoms with Gasteiger partial charge in [0.05, 0.1) is 7.11 Å². The Kier molecular flexibility index (Phi) is 2.79. The van der Waals surface area contributed by atoms with Crippen LogP contribution in [0.2, 0.25) is 0 Å². The van der Waals surface area contributed by atoms with Crippen molar-refractivity contribution < 1.29 is 22.3 Å². The van der Waals surface area contributed by atoms with Crippen LogP contribution in [0.5, 0.6) is 5.75 Å². The SMILES string of the molecule is COc1cccc2c1CCCC2(F)C(F)(F)F. The second-order valence-corrected chi connectivity index (χ2v) is 4.14. The normalized spacial score (nSPS) is 24.3. The highest BCUT2D eigenvalue weighted by Gasteiger charge is 2.58. The van der Waals surface area contributed by atoms with Crippen LogP contribution in [0.25, 0.3) is 0 Å². The van der Waals surface area contributed by atoms with Crippen molar-refractivity contribution in [2.75, 3.05) is 7.11 Å². The van der Waals surface area contributed by atoms with Crippen LogP contribution in [0.4, 0.5) is 17.6 Å². The minimum atomic E-state index is -4.88. The van der Waals surface area contributed by atoms with Gasteiger partial charge < -0.3 is 4.74 Å². The molecule has 0 aromatic heterocycles. The number of ether oxygens (including phenoxy) is 1. The van der Waals surface area contributed by atoms with E-state index in [1.807, 2.05) is 0 Å². The molecule has 0 saturated heterocycles. The molecule has 0 radical (unpaired) electrons. The summed E-state index contributed by atoms with van der Waals surface area (Å²) < 4.78 is 57.7. The monoisotopic (exact) mass is 248 g/mol. The molecule has 1 atom stereocenters. The van der Waals surface area contributed by atoms with Crippen molar-refractivity contribution in [2.45, 2.75) is 31.1 Å². The number of rotatable bonds is 1. The van der Waals surface area contributed by atoms with E-state index in [9.17, 15) is 17.6 Å². The molecule has 0 amide bonds. The highest BCUT2D eigenvalue weighted by molar-refractivity contribution is 5.45. The number of benzene rings is 1. The zero-order valence-corrected chi connectivity index (χ0v) is 9.27. The number of halogens is 4. The van der Waals surface area contributed by atoms with Gasteiger partial charge in [-0.3, -0.25) is 0 Å². The first-order valence-electron chi connectivity index (χ1n) is 5.32. The molecule has 0 heterocycles. The average Bonchev–Trinajstić information content (AvgIpc) is 2.27. The fourth-order valence-electron chi connectivity index (χ4n) is 2.32. The Morgan fingerprint density at radius 2 is 2.00 bits per heavy atom. The topological polar surface area (TPSA) is 9.23 Å². The van der Waals surface area contributed by atoms with Gasteiger partial charge in [-0.2, -0.15) is 13.2 Å². The molecule has 1 nitrogen and oxygen atoms in total. The zero-order valence-electron chi connectivity index (χ0n) is 9.27. The largest absolute Gasteiger partial charge is 0.496 e. The maximum absolute atomic E-state index is 14.2. The molecular weight excluding hydrogens is 236 g/mol. The van der Waals surface area contributed by atoms with Crippen molar-refractivity contribution in [1.82, 2.24) is 0 Å². The smallest absolute Gasteiger partial charge is 0.426 e. The molecule has 0 saturated carbocycles. The lowest BCUT2D eigenvalue weighted by Crippen LogP contribution is -2.41. The number of fused-ring (bicyclic) bond motifs is 1. The fourth-order valence-corrected chi connectivity index (χ4v) is 2.32. The Bertz CT molecular complexity index is 427. The molecule has 17 heavy (non-hydrogen) atoms. The molecule has 94 valence electrons. The van der Waals surface area contributed by atoms with E-state index in [2.05, 4.69) is 0 Å². The Morgan fingerprint density at radius 3 is 2.59 bits per heavy atom. The molecule has 1 aromatic rings. The van der Waals surface area contributed by atoms with Gasteiger partial charge >= 0.3 is 6.18 Å². The maximum Gasteiger partial charge on any atom is 0.426 e. The van der Waals surface area contributed by atoms with E-state index >= 15 is 0 Å². The molecule has 1 aliphatic rings. The molecule has 0 bridgehead atoms. The van der Waals surface area contributed by atoms with Crippen molar-refractivity contribution in [2.24, 2.45) is 0 Å². The molecule has 0 fully saturated rings. The summed E-state index contributed by atoms with van der Waals surface area (Å²) in [6.45, 7) is 0. The second kappa shape index (κ2) is 3.89. The van der Waals surface area contributed by atoms with Gasteiger partial charge in [0.15, 0.2) is 0 Å². The molecule has 0 N–H and O–H groups in total. The number of hydrogen-bond acceptors (Lipinski definition) is 1. The zero-order chi connectivity index (χ0) is 12.7. The number of alkyl halides is 4. The standard InChI is InChI=1S/C12H12F4O/c1-17-10-6-2-5-9-8(10)4-3-7-11(9,13)12(14,15)16/h2,5-6H,3-4,7H2,1H3. The molecule has 0 spiro atoms. The lowest BCUT2D eigenvalue weighted by atomic mass is 9.79. The third-order valence-electron chi connectivity index (χ3n) is 3.18. The van der Waals surface area contributed by atoms with E-state index in [1.165, 1.54) is 19.2 Å². The van der Waals surface area contributed by atoms with Gasteiger partial charge in [-0.15, -0.1) is 0 Å². The van der Waals surface area contributed by atoms with Crippen molar-refractivity contribution in [3.8, 4) is 5.75 Å². The van der Waals surface area contributed by atoms with Crippen LogP contribution >= 0.6 is 0 Å². The minimum Gasteiger partial charge on any atom is -0.496 e.